The van der Waals surface area contributed by atoms with E-state index in [0.29, 0.717) is 45.2 Å². The van der Waals surface area contributed by atoms with Crippen molar-refractivity contribution in [2.24, 2.45) is 11.1 Å². The molecule has 0 bridgehead atoms. The summed E-state index contributed by atoms with van der Waals surface area (Å²) >= 11 is 0. The van der Waals surface area contributed by atoms with Crippen LogP contribution in [0.4, 0.5) is 0 Å². The number of carbonyl (C=O) groups excluding carboxylic acids is 2. The number of unbranched alkanes of at least 4 members (excludes halogenated alkanes) is 1. The fourth-order valence-electron chi connectivity index (χ4n) is 3.78. The highest BCUT2D eigenvalue weighted by Gasteiger charge is 2.48. The monoisotopic (exact) mass is 389 g/mol. The predicted molar refractivity (Wildman–Crippen MR) is 109 cm³/mol. The second-order valence-corrected chi connectivity index (χ2v) is 7.56. The summed E-state index contributed by atoms with van der Waals surface area (Å²) in [6, 6.07) is 9.85. The Labute approximate surface area is 167 Å². The van der Waals surface area contributed by atoms with Gasteiger partial charge in [-0.1, -0.05) is 49.6 Å². The smallest absolute Gasteiger partial charge is 0.426 e. The predicted octanol–water partition coefficient (Wildman–Crippen LogP) is 0.532. The van der Waals surface area contributed by atoms with Crippen molar-refractivity contribution in [3.05, 3.63) is 35.9 Å². The molecule has 1 saturated carbocycles. The van der Waals surface area contributed by atoms with E-state index in [-0.39, 0.29) is 5.91 Å². The molecule has 1 aliphatic rings. The number of hydrogen-bond donors (Lipinski definition) is 5. The van der Waals surface area contributed by atoms with Crippen molar-refractivity contribution in [3.8, 4) is 0 Å². The summed E-state index contributed by atoms with van der Waals surface area (Å²) in [5.41, 5.74) is 5.47. The Bertz CT molecular complexity index is 621. The molecule has 0 spiro atoms. The van der Waals surface area contributed by atoms with Gasteiger partial charge in [0.1, 0.15) is 5.41 Å². The van der Waals surface area contributed by atoms with Crippen LogP contribution in [0.3, 0.4) is 0 Å². The maximum atomic E-state index is 13.0. The number of benzene rings is 1. The van der Waals surface area contributed by atoms with Crippen molar-refractivity contribution in [1.82, 2.24) is 10.6 Å². The lowest BCUT2D eigenvalue weighted by molar-refractivity contribution is -0.143. The summed E-state index contributed by atoms with van der Waals surface area (Å²) in [6.45, 7) is 0.969. The summed E-state index contributed by atoms with van der Waals surface area (Å²) in [5.74, 6) is -1.48. The van der Waals surface area contributed by atoms with E-state index in [2.05, 4.69) is 10.6 Å². The average molecular weight is 389 g/mol. The first-order valence-corrected chi connectivity index (χ1v) is 10.2. The summed E-state index contributed by atoms with van der Waals surface area (Å²) in [7, 11) is -1.67. The Kier molecular flexibility index (Phi) is 8.95. The van der Waals surface area contributed by atoms with Gasteiger partial charge in [0.05, 0.1) is 5.94 Å². The zero-order chi connectivity index (χ0) is 20.4. The molecular weight excluding hydrogens is 357 g/mol. The first-order valence-electron chi connectivity index (χ1n) is 10.2. The maximum Gasteiger partial charge on any atom is 0.475 e. The minimum Gasteiger partial charge on any atom is -0.426 e. The van der Waals surface area contributed by atoms with Gasteiger partial charge in [-0.25, -0.2) is 0 Å². The van der Waals surface area contributed by atoms with Gasteiger partial charge < -0.3 is 26.4 Å². The molecule has 154 valence electrons. The number of amides is 2. The molecule has 2 amide bonds. The molecule has 2 rings (SSSR count). The van der Waals surface area contributed by atoms with Crippen LogP contribution in [0.15, 0.2) is 30.3 Å². The zero-order valence-corrected chi connectivity index (χ0v) is 16.4. The molecule has 0 heterocycles. The molecular formula is C20H32BN3O4. The van der Waals surface area contributed by atoms with Crippen LogP contribution in [0, 0.1) is 5.41 Å². The van der Waals surface area contributed by atoms with Gasteiger partial charge in [0.15, 0.2) is 0 Å². The van der Waals surface area contributed by atoms with Crippen LogP contribution in [-0.2, 0) is 16.0 Å². The molecule has 0 aromatic heterocycles. The number of nitrogens with one attached hydrogen (secondary N) is 2. The minimum absolute atomic E-state index is 0.272. The first kappa shape index (κ1) is 22.4. The SMILES string of the molecule is NCCCC[C@H](NC(=O)C1(C(=O)NCCc2ccccc2)CCCC1)B(O)O. The van der Waals surface area contributed by atoms with Gasteiger partial charge in [0.2, 0.25) is 11.8 Å². The van der Waals surface area contributed by atoms with Crippen LogP contribution in [0.5, 0.6) is 0 Å². The molecule has 1 aliphatic carbocycles. The summed E-state index contributed by atoms with van der Waals surface area (Å²) < 4.78 is 0. The van der Waals surface area contributed by atoms with Crippen LogP contribution in [0.25, 0.3) is 0 Å². The Hall–Kier alpha value is -1.90. The molecule has 0 saturated heterocycles. The molecule has 6 N–H and O–H groups in total. The van der Waals surface area contributed by atoms with Crippen molar-refractivity contribution in [1.29, 1.82) is 0 Å². The molecule has 0 aliphatic heterocycles. The van der Waals surface area contributed by atoms with Gasteiger partial charge in [-0.15, -0.1) is 0 Å². The Balaban J connectivity index is 1.96. The Morgan fingerprint density at radius 3 is 2.39 bits per heavy atom. The van der Waals surface area contributed by atoms with Crippen LogP contribution in [-0.4, -0.2) is 48.0 Å². The summed E-state index contributed by atoms with van der Waals surface area (Å²) in [6.07, 6.45) is 5.09. The van der Waals surface area contributed by atoms with Crippen molar-refractivity contribution in [2.75, 3.05) is 13.1 Å². The highest BCUT2D eigenvalue weighted by atomic mass is 16.4. The Morgan fingerprint density at radius 1 is 1.11 bits per heavy atom. The van der Waals surface area contributed by atoms with E-state index in [4.69, 9.17) is 5.73 Å². The molecule has 0 radical (unpaired) electrons. The maximum absolute atomic E-state index is 13.0. The summed E-state index contributed by atoms with van der Waals surface area (Å²) in [4.78, 5) is 25.9. The molecule has 1 aromatic rings. The highest BCUT2D eigenvalue weighted by Crippen LogP contribution is 2.39. The van der Waals surface area contributed by atoms with E-state index in [0.717, 1.165) is 24.8 Å². The van der Waals surface area contributed by atoms with Crippen molar-refractivity contribution in [3.63, 3.8) is 0 Å². The van der Waals surface area contributed by atoms with Crippen LogP contribution >= 0.6 is 0 Å². The quantitative estimate of drug-likeness (QED) is 0.215. The van der Waals surface area contributed by atoms with Gasteiger partial charge in [-0.2, -0.15) is 0 Å². The zero-order valence-electron chi connectivity index (χ0n) is 16.4. The standard InChI is InChI=1S/C20H32BN3O4/c22-14-7-4-10-17(21(27)28)24-19(26)20(12-5-6-13-20)18(25)23-15-11-16-8-2-1-3-9-16/h1-3,8-9,17,27-28H,4-7,10-15,22H2,(H,23,25)(H,24,26)/t17-/m0/s1. The van der Waals surface area contributed by atoms with Gasteiger partial charge >= 0.3 is 7.12 Å². The Morgan fingerprint density at radius 2 is 1.79 bits per heavy atom. The van der Waals surface area contributed by atoms with Crippen molar-refractivity contribution in [2.45, 2.75) is 57.3 Å². The lowest BCUT2D eigenvalue weighted by Crippen LogP contribution is -2.55. The third-order valence-corrected chi connectivity index (χ3v) is 5.51. The molecule has 0 unspecified atom stereocenters. The molecule has 1 aromatic carbocycles. The summed E-state index contributed by atoms with van der Waals surface area (Å²) in [5, 5.41) is 24.8. The number of carbonyl (C=O) groups is 2. The second-order valence-electron chi connectivity index (χ2n) is 7.56. The van der Waals surface area contributed by atoms with E-state index in [1.165, 1.54) is 0 Å². The van der Waals surface area contributed by atoms with Gasteiger partial charge in [-0.3, -0.25) is 9.59 Å². The van der Waals surface area contributed by atoms with Crippen LogP contribution in [0.1, 0.15) is 50.5 Å². The van der Waals surface area contributed by atoms with Gasteiger partial charge in [0.25, 0.3) is 0 Å². The highest BCUT2D eigenvalue weighted by molar-refractivity contribution is 6.43. The normalized spacial score (nSPS) is 16.4. The van der Waals surface area contributed by atoms with E-state index < -0.39 is 24.4 Å². The first-order chi connectivity index (χ1) is 13.5. The van der Waals surface area contributed by atoms with E-state index >= 15 is 0 Å². The second kappa shape index (κ2) is 11.2. The number of hydrogen-bond acceptors (Lipinski definition) is 5. The molecule has 8 heteroatoms. The average Bonchev–Trinajstić information content (AvgIpc) is 3.19. The molecule has 28 heavy (non-hydrogen) atoms. The third-order valence-electron chi connectivity index (χ3n) is 5.51. The van der Waals surface area contributed by atoms with E-state index in [1.54, 1.807) is 0 Å². The fraction of sp³-hybridized carbons (Fsp3) is 0.600. The number of rotatable bonds is 11. The lowest BCUT2D eigenvalue weighted by atomic mass is 9.75. The lowest BCUT2D eigenvalue weighted by Gasteiger charge is -2.29. The minimum atomic E-state index is -1.67. The molecule has 1 fully saturated rings. The largest absolute Gasteiger partial charge is 0.475 e. The fourth-order valence-corrected chi connectivity index (χ4v) is 3.78. The number of nitrogens with two attached hydrogens (primary N) is 1. The van der Waals surface area contributed by atoms with Crippen molar-refractivity contribution >= 4 is 18.9 Å². The van der Waals surface area contributed by atoms with Gasteiger partial charge in [0, 0.05) is 6.54 Å². The molecule has 1 atom stereocenters. The molecule has 7 nitrogen and oxygen atoms in total. The van der Waals surface area contributed by atoms with E-state index in [9.17, 15) is 19.6 Å². The van der Waals surface area contributed by atoms with E-state index in [1.807, 2.05) is 30.3 Å². The van der Waals surface area contributed by atoms with Gasteiger partial charge in [-0.05, 0) is 44.2 Å². The van der Waals surface area contributed by atoms with Crippen LogP contribution in [0.2, 0.25) is 0 Å². The van der Waals surface area contributed by atoms with Crippen molar-refractivity contribution < 1.29 is 19.6 Å². The topological polar surface area (TPSA) is 125 Å². The van der Waals surface area contributed by atoms with Crippen LogP contribution < -0.4 is 16.4 Å². The third kappa shape index (κ3) is 6.05.